The Morgan fingerprint density at radius 2 is 1.84 bits per heavy atom. The van der Waals surface area contributed by atoms with Gasteiger partial charge in [-0.2, -0.15) is 0 Å². The monoisotopic (exact) mass is 549 g/mol. The number of halogens is 1. The van der Waals surface area contributed by atoms with Crippen molar-refractivity contribution in [3.8, 4) is 17.2 Å². The number of methoxy groups -OCH3 is 2. The molecule has 0 aliphatic carbocycles. The summed E-state index contributed by atoms with van der Waals surface area (Å²) in [4.78, 5) is 9.35. The molecule has 2 aromatic heterocycles. The molecule has 204 valence electrons. The van der Waals surface area contributed by atoms with Gasteiger partial charge in [0.2, 0.25) is 21.9 Å². The van der Waals surface area contributed by atoms with E-state index in [0.29, 0.717) is 36.0 Å². The maximum absolute atomic E-state index is 13.6. The number of para-hydroxylation sites is 1. The summed E-state index contributed by atoms with van der Waals surface area (Å²) in [6.07, 6.45) is 2.07. The Morgan fingerprint density at radius 3 is 2.47 bits per heavy atom. The zero-order valence-corrected chi connectivity index (χ0v) is 21.6. The third-order valence-electron chi connectivity index (χ3n) is 6.48. The van der Waals surface area contributed by atoms with Crippen molar-refractivity contribution in [3.05, 3.63) is 42.2 Å². The Bertz CT molecular complexity index is 1360. The van der Waals surface area contributed by atoms with Crippen molar-refractivity contribution in [2.45, 2.75) is 36.7 Å². The van der Waals surface area contributed by atoms with Gasteiger partial charge in [0.15, 0.2) is 11.6 Å². The quantitative estimate of drug-likeness (QED) is 0.420. The molecular formula is C23H28FN7O6S. The first-order chi connectivity index (χ1) is 18.3. The average molecular weight is 550 g/mol. The highest BCUT2D eigenvalue weighted by Crippen LogP contribution is 2.39. The maximum atomic E-state index is 13.6. The van der Waals surface area contributed by atoms with Gasteiger partial charge in [0.1, 0.15) is 28.5 Å². The fourth-order valence-electron chi connectivity index (χ4n) is 4.72. The van der Waals surface area contributed by atoms with E-state index in [1.807, 2.05) is 0 Å². The minimum Gasteiger partial charge on any atom is -0.494 e. The van der Waals surface area contributed by atoms with Crippen LogP contribution in [0.5, 0.6) is 11.5 Å². The third-order valence-corrected chi connectivity index (χ3v) is 8.17. The molecule has 2 saturated heterocycles. The topological polar surface area (TPSA) is 154 Å². The number of benzene rings is 1. The lowest BCUT2D eigenvalue weighted by molar-refractivity contribution is 0.103. The molecule has 38 heavy (non-hydrogen) atoms. The number of piperidine rings is 1. The highest BCUT2D eigenvalue weighted by atomic mass is 32.2. The molecule has 0 bridgehead atoms. The van der Waals surface area contributed by atoms with Crippen molar-refractivity contribution in [1.29, 1.82) is 0 Å². The molecule has 0 unspecified atom stereocenters. The molecule has 5 rings (SSSR count). The number of aliphatic hydroxyl groups excluding tert-OH is 1. The highest BCUT2D eigenvalue weighted by Gasteiger charge is 2.38. The standard InChI is InChI=1S/C23H28FN7O6S/c1-35-17-5-3-6-18(36-2)20(17)31-21(19-7-4-8-37-19)27-28-23(31)29-38(33,34)16-9-15(32)12-30(13-16)22-25-10-14(24)11-26-22/h3,5-6,10-11,15-16,19,32H,4,7-9,12-13H2,1-2H3,(H,28,29)/t15-,16+,19-/m1/s1. The first-order valence-corrected chi connectivity index (χ1v) is 13.6. The number of ether oxygens (including phenoxy) is 3. The van der Waals surface area contributed by atoms with Crippen molar-refractivity contribution < 1.29 is 32.1 Å². The second-order valence-electron chi connectivity index (χ2n) is 8.99. The SMILES string of the molecule is COc1cccc(OC)c1-n1c(NS(=O)(=O)[C@H]2C[C@@H](O)CN(c3ncc(F)cn3)C2)nnc1[C@H]1CCCO1. The third kappa shape index (κ3) is 5.08. The summed E-state index contributed by atoms with van der Waals surface area (Å²) < 4.78 is 61.6. The molecule has 0 spiro atoms. The molecule has 2 N–H and O–H groups in total. The Balaban J connectivity index is 1.51. The second-order valence-corrected chi connectivity index (χ2v) is 11.0. The van der Waals surface area contributed by atoms with Crippen LogP contribution in [0.25, 0.3) is 5.69 Å². The van der Waals surface area contributed by atoms with Crippen LogP contribution in [-0.4, -0.2) is 83.5 Å². The lowest BCUT2D eigenvalue weighted by Gasteiger charge is -2.35. The van der Waals surface area contributed by atoms with E-state index in [0.717, 1.165) is 18.8 Å². The van der Waals surface area contributed by atoms with Crippen LogP contribution in [0.2, 0.25) is 0 Å². The average Bonchev–Trinajstić information content (AvgIpc) is 3.58. The van der Waals surface area contributed by atoms with Gasteiger partial charge in [-0.15, -0.1) is 10.2 Å². The van der Waals surface area contributed by atoms with Crippen LogP contribution in [0.1, 0.15) is 31.2 Å². The summed E-state index contributed by atoms with van der Waals surface area (Å²) in [5.74, 6) is 0.641. The summed E-state index contributed by atoms with van der Waals surface area (Å²) in [6.45, 7) is 0.626. The minimum absolute atomic E-state index is 0.0251. The number of nitrogens with one attached hydrogen (secondary N) is 1. The van der Waals surface area contributed by atoms with Gasteiger partial charge in [-0.1, -0.05) is 6.07 Å². The number of hydrogen-bond acceptors (Lipinski definition) is 11. The predicted octanol–water partition coefficient (Wildman–Crippen LogP) is 1.45. The van der Waals surface area contributed by atoms with Crippen LogP contribution in [0, 0.1) is 5.82 Å². The number of sulfonamides is 1. The summed E-state index contributed by atoms with van der Waals surface area (Å²) in [6, 6.07) is 5.18. The molecule has 2 fully saturated rings. The van der Waals surface area contributed by atoms with Gasteiger partial charge in [-0.25, -0.2) is 22.8 Å². The number of β-amino-alcohol motifs (C(OH)–C–C–N with tert-alkyl or cyclic N) is 1. The fraction of sp³-hybridized carbons (Fsp3) is 0.478. The Labute approximate surface area is 218 Å². The van der Waals surface area contributed by atoms with Gasteiger partial charge in [0.25, 0.3) is 0 Å². The van der Waals surface area contributed by atoms with Crippen LogP contribution >= 0.6 is 0 Å². The van der Waals surface area contributed by atoms with E-state index in [1.165, 1.54) is 23.7 Å². The minimum atomic E-state index is -4.13. The Morgan fingerprint density at radius 1 is 1.13 bits per heavy atom. The van der Waals surface area contributed by atoms with Crippen molar-refractivity contribution in [1.82, 2.24) is 24.7 Å². The van der Waals surface area contributed by atoms with E-state index < -0.39 is 33.3 Å². The lowest BCUT2D eigenvalue weighted by Crippen LogP contribution is -2.50. The van der Waals surface area contributed by atoms with Crippen LogP contribution in [0.4, 0.5) is 16.3 Å². The molecule has 1 aromatic carbocycles. The van der Waals surface area contributed by atoms with Crippen molar-refractivity contribution in [2.75, 3.05) is 43.5 Å². The molecule has 0 saturated carbocycles. The maximum Gasteiger partial charge on any atom is 0.243 e. The van der Waals surface area contributed by atoms with Gasteiger partial charge in [-0.05, 0) is 31.4 Å². The van der Waals surface area contributed by atoms with E-state index in [9.17, 15) is 17.9 Å². The lowest BCUT2D eigenvalue weighted by atomic mass is 10.1. The number of rotatable bonds is 8. The first kappa shape index (κ1) is 26.1. The number of anilines is 2. The molecular weight excluding hydrogens is 521 g/mol. The smallest absolute Gasteiger partial charge is 0.243 e. The first-order valence-electron chi connectivity index (χ1n) is 12.0. The second kappa shape index (κ2) is 10.7. The zero-order valence-electron chi connectivity index (χ0n) is 20.8. The van der Waals surface area contributed by atoms with E-state index in [1.54, 1.807) is 18.2 Å². The molecule has 3 aromatic rings. The van der Waals surface area contributed by atoms with Crippen molar-refractivity contribution >= 4 is 21.9 Å². The molecule has 0 amide bonds. The zero-order chi connectivity index (χ0) is 26.9. The van der Waals surface area contributed by atoms with Gasteiger partial charge in [0.05, 0.1) is 32.7 Å². The van der Waals surface area contributed by atoms with Crippen LogP contribution in [0.15, 0.2) is 30.6 Å². The number of aromatic nitrogens is 5. The van der Waals surface area contributed by atoms with Crippen molar-refractivity contribution in [2.24, 2.45) is 0 Å². The molecule has 4 heterocycles. The molecule has 2 aliphatic rings. The Hall–Kier alpha value is -3.56. The predicted molar refractivity (Wildman–Crippen MR) is 134 cm³/mol. The van der Waals surface area contributed by atoms with Crippen LogP contribution in [0.3, 0.4) is 0 Å². The van der Waals surface area contributed by atoms with Crippen LogP contribution < -0.4 is 19.1 Å². The van der Waals surface area contributed by atoms with Gasteiger partial charge < -0.3 is 24.2 Å². The normalized spacial score (nSPS) is 21.9. The van der Waals surface area contributed by atoms with Crippen LogP contribution in [-0.2, 0) is 14.8 Å². The number of aliphatic hydroxyl groups is 1. The largest absolute Gasteiger partial charge is 0.494 e. The van der Waals surface area contributed by atoms with Gasteiger partial charge >= 0.3 is 0 Å². The number of hydrogen-bond donors (Lipinski definition) is 2. The highest BCUT2D eigenvalue weighted by molar-refractivity contribution is 7.93. The number of nitrogens with zero attached hydrogens (tertiary/aromatic N) is 6. The van der Waals surface area contributed by atoms with Gasteiger partial charge in [-0.3, -0.25) is 9.29 Å². The van der Waals surface area contributed by atoms with Crippen molar-refractivity contribution in [3.63, 3.8) is 0 Å². The summed E-state index contributed by atoms with van der Waals surface area (Å²) in [5, 5.41) is 17.8. The van der Waals surface area contributed by atoms with E-state index in [2.05, 4.69) is 24.9 Å². The molecule has 3 atom stereocenters. The summed E-state index contributed by atoms with van der Waals surface area (Å²) in [7, 11) is -1.14. The van der Waals surface area contributed by atoms with E-state index >= 15 is 0 Å². The molecule has 0 radical (unpaired) electrons. The summed E-state index contributed by atoms with van der Waals surface area (Å²) >= 11 is 0. The molecule has 13 nitrogen and oxygen atoms in total. The Kier molecular flexibility index (Phi) is 7.32. The molecule has 2 aliphatic heterocycles. The summed E-state index contributed by atoms with van der Waals surface area (Å²) in [5.41, 5.74) is 0.413. The molecule has 15 heteroatoms. The van der Waals surface area contributed by atoms with Gasteiger partial charge in [0, 0.05) is 19.7 Å². The van der Waals surface area contributed by atoms with E-state index in [4.69, 9.17) is 14.2 Å². The van der Waals surface area contributed by atoms with E-state index in [-0.39, 0.29) is 31.4 Å². The fourth-order valence-corrected chi connectivity index (χ4v) is 6.12.